The van der Waals surface area contributed by atoms with Crippen molar-refractivity contribution in [3.8, 4) is 0 Å². The summed E-state index contributed by atoms with van der Waals surface area (Å²) in [7, 11) is -3.69. The van der Waals surface area contributed by atoms with Crippen molar-refractivity contribution in [3.63, 3.8) is 0 Å². The highest BCUT2D eigenvalue weighted by Gasteiger charge is 2.26. The quantitative estimate of drug-likeness (QED) is 0.568. The molecule has 0 aromatic heterocycles. The van der Waals surface area contributed by atoms with E-state index in [0.29, 0.717) is 0 Å². The summed E-state index contributed by atoms with van der Waals surface area (Å²) in [6.45, 7) is 2.46. The van der Waals surface area contributed by atoms with Crippen molar-refractivity contribution in [1.82, 2.24) is 0 Å². The summed E-state index contributed by atoms with van der Waals surface area (Å²) < 4.78 is 19.2. The van der Waals surface area contributed by atoms with Crippen LogP contribution in [0.25, 0.3) is 0 Å². The van der Waals surface area contributed by atoms with Gasteiger partial charge in [-0.05, 0) is 13.3 Å². The highest BCUT2D eigenvalue weighted by Crippen LogP contribution is 2.40. The molecule has 0 fully saturated rings. The zero-order valence-electron chi connectivity index (χ0n) is 6.54. The van der Waals surface area contributed by atoms with Crippen LogP contribution in [0.15, 0.2) is 0 Å². The van der Waals surface area contributed by atoms with Crippen LogP contribution in [0.3, 0.4) is 0 Å². The van der Waals surface area contributed by atoms with Crippen LogP contribution in [0.1, 0.15) is 0 Å². The van der Waals surface area contributed by atoms with Crippen molar-refractivity contribution < 1.29 is 29.0 Å². The molecule has 0 saturated carbocycles. The van der Waals surface area contributed by atoms with Gasteiger partial charge in [-0.2, -0.15) is 0 Å². The highest BCUT2D eigenvalue weighted by atomic mass is 31.2. The van der Waals surface area contributed by atoms with Crippen LogP contribution in [-0.4, -0.2) is 40.3 Å². The maximum atomic E-state index is 10.7. The van der Waals surface area contributed by atoms with Crippen LogP contribution in [0.2, 0.25) is 0 Å². The lowest BCUT2D eigenvalue weighted by Gasteiger charge is -2.08. The molecule has 1 unspecified atom stereocenters. The third kappa shape index (κ3) is 7.82. The van der Waals surface area contributed by atoms with Crippen molar-refractivity contribution in [2.75, 3.05) is 13.3 Å². The van der Waals surface area contributed by atoms with E-state index >= 15 is 0 Å². The van der Waals surface area contributed by atoms with Crippen LogP contribution >= 0.6 is 15.8 Å². The normalized spacial score (nSPS) is 13.0. The van der Waals surface area contributed by atoms with Gasteiger partial charge in [0, 0.05) is 0 Å². The number of carboxylic acids is 1. The van der Waals surface area contributed by atoms with Gasteiger partial charge in [-0.25, -0.2) is 9.36 Å². The Morgan fingerprint density at radius 1 is 1.50 bits per heavy atom. The van der Waals surface area contributed by atoms with Crippen molar-refractivity contribution in [2.45, 2.75) is 5.85 Å². The minimum Gasteiger partial charge on any atom is -0.479 e. The van der Waals surface area contributed by atoms with Crippen LogP contribution in [0.4, 0.5) is 0 Å². The second kappa shape index (κ2) is 6.26. The molecule has 72 valence electrons. The van der Waals surface area contributed by atoms with Crippen molar-refractivity contribution in [2.24, 2.45) is 0 Å². The molecule has 12 heavy (non-hydrogen) atoms. The summed E-state index contributed by atoms with van der Waals surface area (Å²) in [4.78, 5) is 16.9. The number of rotatable bonds is 2. The molecule has 0 aliphatic heterocycles. The number of aliphatic carboxylic acids is 1. The maximum absolute atomic E-state index is 10.7. The molecule has 0 amide bonds. The van der Waals surface area contributed by atoms with E-state index in [1.165, 1.54) is 13.3 Å². The van der Waals surface area contributed by atoms with Gasteiger partial charge in [0.05, 0.1) is 0 Å². The molecule has 0 spiro atoms. The average Bonchev–Trinajstić information content (AvgIpc) is 1.85. The average molecular weight is 216 g/mol. The van der Waals surface area contributed by atoms with E-state index in [9.17, 15) is 9.36 Å². The minimum absolute atomic E-state index is 0.833. The standard InChI is InChI=1S/C4H9O4P.HO2P/c1-9(2,8)4(7)3(5)6;1-3-2/h4,7H,1-2H3,(H,5,6);(H,1,2). The Morgan fingerprint density at radius 3 is 1.75 bits per heavy atom. The lowest BCUT2D eigenvalue weighted by atomic mass is 10.7. The molecule has 6 nitrogen and oxygen atoms in total. The predicted molar refractivity (Wildman–Crippen MR) is 42.9 cm³/mol. The van der Waals surface area contributed by atoms with Gasteiger partial charge in [0.25, 0.3) is 0 Å². The summed E-state index contributed by atoms with van der Waals surface area (Å²) in [5.74, 6) is -3.14. The fraction of sp³-hybridized carbons (Fsp3) is 0.750. The minimum atomic E-state index is -2.86. The number of carbonyl (C=O) groups is 1. The first-order valence-corrected chi connectivity index (χ1v) is 6.13. The second-order valence-electron chi connectivity index (χ2n) is 2.23. The summed E-state index contributed by atoms with van der Waals surface area (Å²) in [5.41, 5.74) is 0. The van der Waals surface area contributed by atoms with Gasteiger partial charge < -0.3 is 19.7 Å². The Balaban J connectivity index is 0. The molecule has 0 aliphatic carbocycles. The smallest absolute Gasteiger partial charge is 0.340 e. The van der Waals surface area contributed by atoms with Crippen LogP contribution in [0, 0.1) is 0 Å². The van der Waals surface area contributed by atoms with Crippen molar-refractivity contribution in [1.29, 1.82) is 0 Å². The van der Waals surface area contributed by atoms with Gasteiger partial charge in [-0.15, -0.1) is 0 Å². The number of hydrogen-bond acceptors (Lipinski definition) is 4. The van der Waals surface area contributed by atoms with E-state index in [1.54, 1.807) is 0 Å². The molecule has 0 aromatic carbocycles. The molecule has 0 heterocycles. The van der Waals surface area contributed by atoms with E-state index in [1.807, 2.05) is 0 Å². The Labute approximate surface area is 70.9 Å². The molecule has 3 N–H and O–H groups in total. The molecular weight excluding hydrogens is 206 g/mol. The van der Waals surface area contributed by atoms with E-state index in [-0.39, 0.29) is 0 Å². The van der Waals surface area contributed by atoms with E-state index < -0.39 is 27.6 Å². The van der Waals surface area contributed by atoms with Gasteiger partial charge in [0.2, 0.25) is 5.85 Å². The SMILES string of the molecule is CP(C)(=O)C(O)C(=O)O.O=PO. The van der Waals surface area contributed by atoms with Crippen molar-refractivity contribution >= 4 is 21.8 Å². The first kappa shape index (κ1) is 14.3. The zero-order chi connectivity index (χ0) is 10.4. The third-order valence-corrected chi connectivity index (χ3v) is 2.21. The Kier molecular flexibility index (Phi) is 7.44. The zero-order valence-corrected chi connectivity index (χ0v) is 8.33. The molecule has 0 aromatic rings. The first-order chi connectivity index (χ1) is 5.27. The monoisotopic (exact) mass is 216 g/mol. The maximum Gasteiger partial charge on any atom is 0.340 e. The molecule has 1 atom stereocenters. The number of aliphatic hydroxyl groups excluding tert-OH is 1. The van der Waals surface area contributed by atoms with Crippen LogP contribution < -0.4 is 0 Å². The number of carboxylic acid groups (broad SMARTS) is 1. The summed E-state index contributed by atoms with van der Waals surface area (Å²) in [5, 5.41) is 16.7. The molecule has 0 radical (unpaired) electrons. The molecule has 8 heteroatoms. The largest absolute Gasteiger partial charge is 0.479 e. The third-order valence-electron chi connectivity index (χ3n) is 0.810. The highest BCUT2D eigenvalue weighted by molar-refractivity contribution is 7.63. The van der Waals surface area contributed by atoms with Crippen LogP contribution in [-0.2, 0) is 13.9 Å². The molecule has 0 rings (SSSR count). The number of aliphatic hydroxyl groups is 1. The second-order valence-corrected chi connectivity index (χ2v) is 5.75. The fourth-order valence-corrected chi connectivity index (χ4v) is 0.798. The first-order valence-electron chi connectivity index (χ1n) is 2.69. The van der Waals surface area contributed by atoms with Gasteiger partial charge >= 0.3 is 14.7 Å². The van der Waals surface area contributed by atoms with Crippen LogP contribution in [0.5, 0.6) is 0 Å². The summed E-state index contributed by atoms with van der Waals surface area (Å²) in [6, 6.07) is 0. The molecular formula is C4H10O6P2. The Morgan fingerprint density at radius 2 is 1.75 bits per heavy atom. The van der Waals surface area contributed by atoms with Gasteiger partial charge in [0.15, 0.2) is 0 Å². The van der Waals surface area contributed by atoms with E-state index in [0.717, 1.165) is 0 Å². The molecule has 0 saturated heterocycles. The summed E-state index contributed by atoms with van der Waals surface area (Å²) >= 11 is 0. The van der Waals surface area contributed by atoms with E-state index in [4.69, 9.17) is 19.7 Å². The van der Waals surface area contributed by atoms with Gasteiger partial charge in [0.1, 0.15) is 7.14 Å². The van der Waals surface area contributed by atoms with E-state index in [2.05, 4.69) is 0 Å². The lowest BCUT2D eigenvalue weighted by Crippen LogP contribution is -2.18. The van der Waals surface area contributed by atoms with Gasteiger partial charge in [-0.3, -0.25) is 0 Å². The number of hydrogen-bond donors (Lipinski definition) is 3. The Hall–Kier alpha value is -0.280. The summed E-state index contributed by atoms with van der Waals surface area (Å²) in [6.07, 6.45) is 0. The van der Waals surface area contributed by atoms with Gasteiger partial charge in [-0.1, -0.05) is 0 Å². The molecule has 0 bridgehead atoms. The fourth-order valence-electron chi connectivity index (χ4n) is 0.266. The molecule has 0 aliphatic rings. The van der Waals surface area contributed by atoms with Crippen molar-refractivity contribution in [3.05, 3.63) is 0 Å². The Bertz CT molecular complexity index is 196. The lowest BCUT2D eigenvalue weighted by molar-refractivity contribution is -0.142. The topological polar surface area (TPSA) is 112 Å². The predicted octanol–water partition coefficient (Wildman–Crippen LogP) is 0.197.